The Bertz CT molecular complexity index is 231. The summed E-state index contributed by atoms with van der Waals surface area (Å²) in [4.78, 5) is 0. The highest BCUT2D eigenvalue weighted by Gasteiger charge is 1.91. The first-order valence-electron chi connectivity index (χ1n) is 3.21. The topological polar surface area (TPSA) is 9.23 Å². The van der Waals surface area contributed by atoms with E-state index >= 15 is 0 Å². The summed E-state index contributed by atoms with van der Waals surface area (Å²) in [6.07, 6.45) is 0. The first-order chi connectivity index (χ1) is 5.29. The molecular weight excluding hydrogens is 160 g/mol. The van der Waals surface area contributed by atoms with Crippen LogP contribution in [0.5, 0.6) is 5.75 Å². The Morgan fingerprint density at radius 3 is 3.09 bits per heavy atom. The van der Waals surface area contributed by atoms with Crippen molar-refractivity contribution in [3.8, 4) is 5.75 Å². The molecule has 0 bridgehead atoms. The van der Waals surface area contributed by atoms with Gasteiger partial charge in [0.1, 0.15) is 12.4 Å². The lowest BCUT2D eigenvalue weighted by Gasteiger charge is -2.02. The van der Waals surface area contributed by atoms with Gasteiger partial charge in [-0.2, -0.15) is 0 Å². The number of hydrogen-bond donors (Lipinski definition) is 0. The molecule has 1 rings (SSSR count). The third kappa shape index (κ3) is 3.10. The monoisotopic (exact) mass is 167 g/mol. The predicted octanol–water partition coefficient (Wildman–Crippen LogP) is 2.62. The molecule has 0 spiro atoms. The Labute approximate surface area is 71.3 Å². The van der Waals surface area contributed by atoms with Gasteiger partial charge in [-0.3, -0.25) is 0 Å². The zero-order chi connectivity index (χ0) is 8.10. The van der Waals surface area contributed by atoms with E-state index in [4.69, 9.17) is 16.3 Å². The van der Waals surface area contributed by atoms with E-state index in [2.05, 4.69) is 12.6 Å². The maximum Gasteiger partial charge on any atom is 0.123 e. The van der Waals surface area contributed by atoms with E-state index in [1.807, 2.05) is 18.2 Å². The van der Waals surface area contributed by atoms with Crippen molar-refractivity contribution in [3.63, 3.8) is 0 Å². The molecule has 0 amide bonds. The van der Waals surface area contributed by atoms with Crippen LogP contribution in [0.1, 0.15) is 0 Å². The van der Waals surface area contributed by atoms with Gasteiger partial charge in [0.25, 0.3) is 0 Å². The molecule has 0 saturated carbocycles. The van der Waals surface area contributed by atoms with Gasteiger partial charge in [-0.1, -0.05) is 30.3 Å². The highest BCUT2D eigenvalue weighted by atomic mass is 35.5. The van der Waals surface area contributed by atoms with Crippen LogP contribution in [-0.2, 0) is 0 Å². The van der Waals surface area contributed by atoms with Gasteiger partial charge in [-0.05, 0) is 18.2 Å². The van der Waals surface area contributed by atoms with E-state index in [1.54, 1.807) is 6.07 Å². The molecular formula is C9H8ClO. The van der Waals surface area contributed by atoms with Crippen LogP contribution < -0.4 is 4.74 Å². The number of halogens is 1. The SMILES string of the molecule is C=C(Cl)COc1c[c]ccc1. The molecule has 0 aliphatic heterocycles. The predicted molar refractivity (Wildman–Crippen MR) is 45.8 cm³/mol. The van der Waals surface area contributed by atoms with Crippen molar-refractivity contribution in [2.45, 2.75) is 0 Å². The smallest absolute Gasteiger partial charge is 0.123 e. The van der Waals surface area contributed by atoms with E-state index in [1.165, 1.54) is 0 Å². The highest BCUT2D eigenvalue weighted by Crippen LogP contribution is 2.09. The number of ether oxygens (including phenoxy) is 1. The van der Waals surface area contributed by atoms with Crippen molar-refractivity contribution in [2.75, 3.05) is 6.61 Å². The molecule has 0 unspecified atom stereocenters. The Balaban J connectivity index is 2.45. The van der Waals surface area contributed by atoms with Crippen LogP contribution >= 0.6 is 11.6 Å². The van der Waals surface area contributed by atoms with Crippen LogP contribution in [0.3, 0.4) is 0 Å². The largest absolute Gasteiger partial charge is 0.488 e. The van der Waals surface area contributed by atoms with E-state index in [9.17, 15) is 0 Å². The molecule has 1 aromatic rings. The Morgan fingerprint density at radius 2 is 2.55 bits per heavy atom. The summed E-state index contributed by atoms with van der Waals surface area (Å²) in [6, 6.07) is 10.1. The summed E-state index contributed by atoms with van der Waals surface area (Å²) in [7, 11) is 0. The zero-order valence-electron chi connectivity index (χ0n) is 6.01. The van der Waals surface area contributed by atoms with Crippen LogP contribution in [-0.4, -0.2) is 6.61 Å². The van der Waals surface area contributed by atoms with E-state index < -0.39 is 0 Å². The van der Waals surface area contributed by atoms with Gasteiger partial charge >= 0.3 is 0 Å². The van der Waals surface area contributed by atoms with Crippen molar-refractivity contribution in [3.05, 3.63) is 41.9 Å². The van der Waals surface area contributed by atoms with E-state index in [0.717, 1.165) is 5.75 Å². The fourth-order valence-corrected chi connectivity index (χ4v) is 0.683. The molecule has 0 fully saturated rings. The van der Waals surface area contributed by atoms with Crippen LogP contribution in [0.2, 0.25) is 0 Å². The van der Waals surface area contributed by atoms with Gasteiger partial charge in [-0.25, -0.2) is 0 Å². The highest BCUT2D eigenvalue weighted by molar-refractivity contribution is 6.29. The summed E-state index contributed by atoms with van der Waals surface area (Å²) in [5, 5.41) is 0.494. The first-order valence-corrected chi connectivity index (χ1v) is 3.59. The van der Waals surface area contributed by atoms with E-state index in [-0.39, 0.29) is 0 Å². The Kier molecular flexibility index (Phi) is 2.99. The average molecular weight is 168 g/mol. The van der Waals surface area contributed by atoms with Gasteiger partial charge in [0.15, 0.2) is 0 Å². The summed E-state index contributed by atoms with van der Waals surface area (Å²) >= 11 is 5.50. The maximum atomic E-state index is 5.50. The van der Waals surface area contributed by atoms with Crippen LogP contribution in [0.25, 0.3) is 0 Å². The molecule has 0 heterocycles. The number of hydrogen-bond acceptors (Lipinski definition) is 1. The summed E-state index contributed by atoms with van der Waals surface area (Å²) in [5.74, 6) is 0.759. The molecule has 0 saturated heterocycles. The van der Waals surface area contributed by atoms with E-state index in [0.29, 0.717) is 11.6 Å². The zero-order valence-corrected chi connectivity index (χ0v) is 6.77. The van der Waals surface area contributed by atoms with Gasteiger partial charge in [-0.15, -0.1) is 0 Å². The standard InChI is InChI=1S/C9H8ClO/c1-8(10)7-11-9-5-3-2-4-6-9/h2-3,5-6H,1,7H2. The number of rotatable bonds is 3. The lowest BCUT2D eigenvalue weighted by molar-refractivity contribution is 0.359. The number of benzene rings is 1. The normalized spacial score (nSPS) is 9.18. The van der Waals surface area contributed by atoms with Gasteiger partial charge < -0.3 is 4.74 Å². The van der Waals surface area contributed by atoms with Crippen molar-refractivity contribution in [2.24, 2.45) is 0 Å². The Hall–Kier alpha value is -0.950. The Morgan fingerprint density at radius 1 is 1.73 bits per heavy atom. The molecule has 0 aromatic heterocycles. The van der Waals surface area contributed by atoms with Crippen LogP contribution in [0, 0.1) is 6.07 Å². The molecule has 0 aliphatic carbocycles. The third-order valence-electron chi connectivity index (χ3n) is 1.07. The van der Waals surface area contributed by atoms with Crippen molar-refractivity contribution in [1.82, 2.24) is 0 Å². The van der Waals surface area contributed by atoms with Crippen molar-refractivity contribution < 1.29 is 4.74 Å². The van der Waals surface area contributed by atoms with Crippen LogP contribution in [0.4, 0.5) is 0 Å². The molecule has 1 aromatic carbocycles. The molecule has 0 N–H and O–H groups in total. The molecule has 1 nitrogen and oxygen atoms in total. The minimum atomic E-state index is 0.347. The van der Waals surface area contributed by atoms with Crippen molar-refractivity contribution in [1.29, 1.82) is 0 Å². The second kappa shape index (κ2) is 4.04. The minimum absolute atomic E-state index is 0.347. The second-order valence-electron chi connectivity index (χ2n) is 2.05. The minimum Gasteiger partial charge on any atom is -0.488 e. The molecule has 0 atom stereocenters. The van der Waals surface area contributed by atoms with Crippen LogP contribution in [0.15, 0.2) is 35.9 Å². The van der Waals surface area contributed by atoms with Gasteiger partial charge in [0.2, 0.25) is 0 Å². The molecule has 2 heteroatoms. The van der Waals surface area contributed by atoms with Gasteiger partial charge in [0.05, 0.1) is 0 Å². The molecule has 1 radical (unpaired) electrons. The summed E-state index contributed by atoms with van der Waals surface area (Å²) in [5.41, 5.74) is 0. The fourth-order valence-electron chi connectivity index (χ4n) is 0.628. The maximum absolute atomic E-state index is 5.50. The van der Waals surface area contributed by atoms with Crippen molar-refractivity contribution >= 4 is 11.6 Å². The third-order valence-corrected chi connectivity index (χ3v) is 1.18. The lowest BCUT2D eigenvalue weighted by Crippen LogP contribution is -1.95. The molecule has 57 valence electrons. The average Bonchev–Trinajstić information content (AvgIpc) is 2.03. The summed E-state index contributed by atoms with van der Waals surface area (Å²) < 4.78 is 5.20. The quantitative estimate of drug-likeness (QED) is 0.673. The second-order valence-corrected chi connectivity index (χ2v) is 2.58. The lowest BCUT2D eigenvalue weighted by atomic mass is 10.3. The fraction of sp³-hybridized carbons (Fsp3) is 0.111. The summed E-state index contributed by atoms with van der Waals surface area (Å²) in [6.45, 7) is 3.85. The molecule has 11 heavy (non-hydrogen) atoms. The first kappa shape index (κ1) is 8.15. The molecule has 0 aliphatic rings. The van der Waals surface area contributed by atoms with Gasteiger partial charge in [0, 0.05) is 5.03 Å².